The summed E-state index contributed by atoms with van der Waals surface area (Å²) in [6, 6.07) is 0. The molecule has 2 saturated carbocycles. The van der Waals surface area contributed by atoms with E-state index in [-0.39, 0.29) is 23.7 Å². The van der Waals surface area contributed by atoms with Crippen LogP contribution in [0.4, 0.5) is 0 Å². The summed E-state index contributed by atoms with van der Waals surface area (Å²) < 4.78 is 0. The Labute approximate surface area is 107 Å². The maximum atomic E-state index is 12.4. The highest BCUT2D eigenvalue weighted by molar-refractivity contribution is 5.86. The normalized spacial score (nSPS) is 36.9. The number of nitrogens with zero attached hydrogens (tertiary/aromatic N) is 1. The minimum atomic E-state index is -0.815. The Morgan fingerprint density at radius 3 is 2.39 bits per heavy atom. The molecular formula is C14H19NO3. The van der Waals surface area contributed by atoms with Crippen LogP contribution in [0.2, 0.25) is 0 Å². The van der Waals surface area contributed by atoms with Gasteiger partial charge in [-0.05, 0) is 37.0 Å². The quantitative estimate of drug-likeness (QED) is 0.766. The van der Waals surface area contributed by atoms with Crippen molar-refractivity contribution >= 4 is 11.9 Å². The molecule has 3 rings (SSSR count). The van der Waals surface area contributed by atoms with Gasteiger partial charge in [0.15, 0.2) is 0 Å². The number of rotatable bonds is 4. The van der Waals surface area contributed by atoms with Crippen molar-refractivity contribution in [1.29, 1.82) is 0 Å². The van der Waals surface area contributed by atoms with Crippen molar-refractivity contribution in [3.05, 3.63) is 12.2 Å². The van der Waals surface area contributed by atoms with Crippen LogP contribution in [0.25, 0.3) is 0 Å². The van der Waals surface area contributed by atoms with E-state index >= 15 is 0 Å². The Morgan fingerprint density at radius 2 is 1.83 bits per heavy atom. The Hall–Kier alpha value is -1.32. The molecule has 4 atom stereocenters. The summed E-state index contributed by atoms with van der Waals surface area (Å²) in [5, 5.41) is 9.33. The standard InChI is InChI=1S/C14H19NO3/c1-15(7-8-2-3-8)13(16)11-9-4-5-10(6-9)12(11)14(17)18/h4-5,8-12H,2-3,6-7H2,1H3,(H,17,18)/t9?,10?,11-,12+/m0/s1. The van der Waals surface area contributed by atoms with Crippen LogP contribution >= 0.6 is 0 Å². The highest BCUT2D eigenvalue weighted by Gasteiger charge is 2.52. The molecule has 4 heteroatoms. The van der Waals surface area contributed by atoms with E-state index in [1.54, 1.807) is 4.90 Å². The molecule has 0 aromatic carbocycles. The first-order valence-corrected chi connectivity index (χ1v) is 6.74. The van der Waals surface area contributed by atoms with Crippen molar-refractivity contribution in [1.82, 2.24) is 4.90 Å². The molecule has 3 aliphatic carbocycles. The second-order valence-corrected chi connectivity index (χ2v) is 6.00. The average molecular weight is 249 g/mol. The molecule has 0 spiro atoms. The van der Waals surface area contributed by atoms with Gasteiger partial charge in [-0.25, -0.2) is 0 Å². The van der Waals surface area contributed by atoms with Gasteiger partial charge in [0, 0.05) is 13.6 Å². The number of carbonyl (C=O) groups is 2. The summed E-state index contributed by atoms with van der Waals surface area (Å²) in [6.45, 7) is 0.794. The van der Waals surface area contributed by atoms with E-state index in [9.17, 15) is 14.7 Å². The van der Waals surface area contributed by atoms with Gasteiger partial charge in [0.05, 0.1) is 11.8 Å². The van der Waals surface area contributed by atoms with Gasteiger partial charge in [-0.1, -0.05) is 12.2 Å². The van der Waals surface area contributed by atoms with Crippen molar-refractivity contribution in [2.24, 2.45) is 29.6 Å². The Bertz CT molecular complexity index is 413. The van der Waals surface area contributed by atoms with E-state index in [1.165, 1.54) is 12.8 Å². The molecule has 1 amide bonds. The molecule has 4 nitrogen and oxygen atoms in total. The summed E-state index contributed by atoms with van der Waals surface area (Å²) >= 11 is 0. The third-order valence-electron chi connectivity index (χ3n) is 4.63. The van der Waals surface area contributed by atoms with Gasteiger partial charge in [-0.15, -0.1) is 0 Å². The lowest BCUT2D eigenvalue weighted by atomic mass is 9.82. The molecule has 98 valence electrons. The summed E-state index contributed by atoms with van der Waals surface area (Å²) in [7, 11) is 1.81. The van der Waals surface area contributed by atoms with Crippen LogP contribution in [0.1, 0.15) is 19.3 Å². The molecule has 3 aliphatic rings. The third kappa shape index (κ3) is 1.84. The van der Waals surface area contributed by atoms with E-state index in [2.05, 4.69) is 0 Å². The van der Waals surface area contributed by atoms with E-state index < -0.39 is 11.9 Å². The number of aliphatic carboxylic acids is 1. The van der Waals surface area contributed by atoms with E-state index in [0.717, 1.165) is 13.0 Å². The summed E-state index contributed by atoms with van der Waals surface area (Å²) in [4.78, 5) is 25.6. The van der Waals surface area contributed by atoms with Crippen molar-refractivity contribution in [2.75, 3.05) is 13.6 Å². The van der Waals surface area contributed by atoms with Crippen LogP contribution in [-0.4, -0.2) is 35.5 Å². The van der Waals surface area contributed by atoms with Crippen LogP contribution in [-0.2, 0) is 9.59 Å². The molecule has 0 radical (unpaired) electrons. The molecular weight excluding hydrogens is 230 g/mol. The fraction of sp³-hybridized carbons (Fsp3) is 0.714. The maximum absolute atomic E-state index is 12.4. The van der Waals surface area contributed by atoms with Crippen molar-refractivity contribution in [3.8, 4) is 0 Å². The number of carbonyl (C=O) groups excluding carboxylic acids is 1. The SMILES string of the molecule is CN(CC1CC1)C(=O)[C@H]1C2C=CC(C2)[C@H]1C(=O)O. The minimum Gasteiger partial charge on any atom is -0.481 e. The fourth-order valence-electron chi connectivity index (χ4n) is 3.53. The lowest BCUT2D eigenvalue weighted by Gasteiger charge is -2.28. The number of carboxylic acid groups (broad SMARTS) is 1. The minimum absolute atomic E-state index is 0.0335. The molecule has 0 heterocycles. The van der Waals surface area contributed by atoms with Gasteiger partial charge in [-0.3, -0.25) is 9.59 Å². The first-order chi connectivity index (χ1) is 8.58. The van der Waals surface area contributed by atoms with Crippen LogP contribution in [0.5, 0.6) is 0 Å². The van der Waals surface area contributed by atoms with Gasteiger partial charge in [0.1, 0.15) is 0 Å². The lowest BCUT2D eigenvalue weighted by molar-refractivity contribution is -0.150. The summed E-state index contributed by atoms with van der Waals surface area (Å²) in [5.74, 6) is -0.760. The maximum Gasteiger partial charge on any atom is 0.307 e. The van der Waals surface area contributed by atoms with Crippen LogP contribution in [0.3, 0.4) is 0 Å². The second kappa shape index (κ2) is 4.11. The summed E-state index contributed by atoms with van der Waals surface area (Å²) in [5.41, 5.74) is 0. The van der Waals surface area contributed by atoms with E-state index in [1.807, 2.05) is 19.2 Å². The number of fused-ring (bicyclic) bond motifs is 2. The predicted molar refractivity (Wildman–Crippen MR) is 65.7 cm³/mol. The molecule has 0 saturated heterocycles. The number of hydrogen-bond donors (Lipinski definition) is 1. The summed E-state index contributed by atoms with van der Waals surface area (Å²) in [6.07, 6.45) is 7.27. The monoisotopic (exact) mass is 249 g/mol. The molecule has 0 aliphatic heterocycles. The third-order valence-corrected chi connectivity index (χ3v) is 4.63. The van der Waals surface area contributed by atoms with Gasteiger partial charge in [-0.2, -0.15) is 0 Å². The topological polar surface area (TPSA) is 57.6 Å². The Balaban J connectivity index is 1.75. The lowest BCUT2D eigenvalue weighted by Crippen LogP contribution is -2.41. The zero-order valence-corrected chi connectivity index (χ0v) is 10.6. The molecule has 1 N–H and O–H groups in total. The molecule has 18 heavy (non-hydrogen) atoms. The van der Waals surface area contributed by atoms with Gasteiger partial charge in [0.25, 0.3) is 0 Å². The van der Waals surface area contributed by atoms with Gasteiger partial charge >= 0.3 is 5.97 Å². The first-order valence-electron chi connectivity index (χ1n) is 6.74. The highest BCUT2D eigenvalue weighted by atomic mass is 16.4. The van der Waals surface area contributed by atoms with Gasteiger partial charge in [0.2, 0.25) is 5.91 Å². The largest absolute Gasteiger partial charge is 0.481 e. The molecule has 2 bridgehead atoms. The number of hydrogen-bond acceptors (Lipinski definition) is 2. The number of carboxylic acids is 1. The van der Waals surface area contributed by atoms with Crippen molar-refractivity contribution in [3.63, 3.8) is 0 Å². The first kappa shape index (κ1) is 11.8. The Morgan fingerprint density at radius 1 is 1.22 bits per heavy atom. The average Bonchev–Trinajstić information content (AvgIpc) is 2.91. The Kier molecular flexibility index (Phi) is 2.68. The van der Waals surface area contributed by atoms with E-state index in [4.69, 9.17) is 0 Å². The number of allylic oxidation sites excluding steroid dienone is 2. The van der Waals surface area contributed by atoms with Crippen LogP contribution in [0.15, 0.2) is 12.2 Å². The van der Waals surface area contributed by atoms with Crippen LogP contribution < -0.4 is 0 Å². The highest BCUT2D eigenvalue weighted by Crippen LogP contribution is 2.48. The van der Waals surface area contributed by atoms with Crippen molar-refractivity contribution < 1.29 is 14.7 Å². The zero-order valence-electron chi connectivity index (χ0n) is 10.6. The molecule has 2 fully saturated rings. The van der Waals surface area contributed by atoms with Gasteiger partial charge < -0.3 is 10.0 Å². The molecule has 0 aromatic heterocycles. The van der Waals surface area contributed by atoms with Crippen LogP contribution in [0, 0.1) is 29.6 Å². The van der Waals surface area contributed by atoms with E-state index in [0.29, 0.717) is 5.92 Å². The fourth-order valence-corrected chi connectivity index (χ4v) is 3.53. The zero-order chi connectivity index (χ0) is 12.9. The predicted octanol–water partition coefficient (Wildman–Crippen LogP) is 1.38. The molecule has 2 unspecified atom stereocenters. The second-order valence-electron chi connectivity index (χ2n) is 6.00. The number of amides is 1. The van der Waals surface area contributed by atoms with Crippen molar-refractivity contribution in [2.45, 2.75) is 19.3 Å². The smallest absolute Gasteiger partial charge is 0.307 e. The molecule has 0 aromatic rings.